The molecule has 178 valence electrons. The SMILES string of the molecule is CN(CC(=O)Nc1ccc(Cl)cc1C(=O)O)CC(=O)NC(c1ccccc1)c1ccccc1.Cl. The van der Waals surface area contributed by atoms with E-state index in [1.54, 1.807) is 11.9 Å². The smallest absolute Gasteiger partial charge is 0.337 e. The molecule has 0 aliphatic rings. The summed E-state index contributed by atoms with van der Waals surface area (Å²) in [6.45, 7) is -0.119. The number of nitrogens with zero attached hydrogens (tertiary/aromatic N) is 1. The minimum atomic E-state index is -1.20. The summed E-state index contributed by atoms with van der Waals surface area (Å²) in [6.07, 6.45) is 0. The summed E-state index contributed by atoms with van der Waals surface area (Å²) in [6, 6.07) is 23.1. The van der Waals surface area contributed by atoms with Gasteiger partial charge in [0.1, 0.15) is 0 Å². The Morgan fingerprint density at radius 2 is 1.41 bits per heavy atom. The molecular weight excluding hydrogens is 477 g/mol. The molecule has 0 aliphatic carbocycles. The number of halogens is 2. The molecule has 0 heterocycles. The van der Waals surface area contributed by atoms with E-state index in [2.05, 4.69) is 10.6 Å². The fourth-order valence-corrected chi connectivity index (χ4v) is 3.57. The zero-order chi connectivity index (χ0) is 23.8. The van der Waals surface area contributed by atoms with Crippen LogP contribution in [0, 0.1) is 0 Å². The number of carboxylic acid groups (broad SMARTS) is 1. The Hall–Kier alpha value is -3.39. The first-order chi connectivity index (χ1) is 15.8. The van der Waals surface area contributed by atoms with Crippen molar-refractivity contribution in [2.45, 2.75) is 6.04 Å². The van der Waals surface area contributed by atoms with Crippen LogP contribution >= 0.6 is 24.0 Å². The maximum Gasteiger partial charge on any atom is 0.337 e. The quantitative estimate of drug-likeness (QED) is 0.407. The third-order valence-electron chi connectivity index (χ3n) is 4.88. The van der Waals surface area contributed by atoms with Crippen molar-refractivity contribution >= 4 is 47.5 Å². The summed E-state index contributed by atoms with van der Waals surface area (Å²) in [7, 11) is 1.64. The van der Waals surface area contributed by atoms with Crippen molar-refractivity contribution in [1.82, 2.24) is 10.2 Å². The summed E-state index contributed by atoms with van der Waals surface area (Å²) in [4.78, 5) is 38.1. The van der Waals surface area contributed by atoms with Gasteiger partial charge in [0, 0.05) is 5.02 Å². The van der Waals surface area contributed by atoms with Gasteiger partial charge in [-0.1, -0.05) is 72.3 Å². The van der Waals surface area contributed by atoms with Gasteiger partial charge in [0.15, 0.2) is 0 Å². The number of anilines is 1. The molecule has 0 radical (unpaired) electrons. The van der Waals surface area contributed by atoms with Crippen LogP contribution in [0.1, 0.15) is 27.5 Å². The number of benzene rings is 3. The number of rotatable bonds is 9. The van der Waals surface area contributed by atoms with Crippen LogP contribution < -0.4 is 10.6 Å². The number of amides is 2. The molecule has 2 amide bonds. The van der Waals surface area contributed by atoms with Crippen LogP contribution in [0.2, 0.25) is 5.02 Å². The Kier molecular flexibility index (Phi) is 10.1. The van der Waals surface area contributed by atoms with Gasteiger partial charge >= 0.3 is 5.97 Å². The molecule has 0 spiro atoms. The number of aromatic carboxylic acids is 1. The Labute approximate surface area is 209 Å². The van der Waals surface area contributed by atoms with E-state index in [9.17, 15) is 19.5 Å². The molecule has 0 fully saturated rings. The van der Waals surface area contributed by atoms with Gasteiger partial charge in [0.25, 0.3) is 0 Å². The number of hydrogen-bond acceptors (Lipinski definition) is 4. The second kappa shape index (κ2) is 12.7. The molecule has 0 saturated carbocycles. The average Bonchev–Trinajstić information content (AvgIpc) is 2.79. The van der Waals surface area contributed by atoms with E-state index in [1.165, 1.54) is 18.2 Å². The molecule has 0 atom stereocenters. The molecule has 3 rings (SSSR count). The first-order valence-electron chi connectivity index (χ1n) is 10.2. The molecule has 34 heavy (non-hydrogen) atoms. The highest BCUT2D eigenvalue weighted by Gasteiger charge is 2.19. The first kappa shape index (κ1) is 26.9. The highest BCUT2D eigenvalue weighted by molar-refractivity contribution is 6.31. The summed E-state index contributed by atoms with van der Waals surface area (Å²) < 4.78 is 0. The molecular formula is C25H25Cl2N3O4. The molecule has 0 aromatic heterocycles. The van der Waals surface area contributed by atoms with Gasteiger partial charge in [-0.25, -0.2) is 4.79 Å². The third-order valence-corrected chi connectivity index (χ3v) is 5.12. The molecule has 0 saturated heterocycles. The maximum absolute atomic E-state index is 12.8. The summed E-state index contributed by atoms with van der Waals surface area (Å²) in [5, 5.41) is 15.2. The second-order valence-electron chi connectivity index (χ2n) is 7.54. The topological polar surface area (TPSA) is 98.7 Å². The van der Waals surface area contributed by atoms with Crippen LogP contribution in [0.25, 0.3) is 0 Å². The monoisotopic (exact) mass is 501 g/mol. The van der Waals surface area contributed by atoms with Crippen LogP contribution in [0.5, 0.6) is 0 Å². The Morgan fingerprint density at radius 3 is 1.94 bits per heavy atom. The van der Waals surface area contributed by atoms with Gasteiger partial charge in [0.05, 0.1) is 30.4 Å². The number of carboxylic acids is 1. The van der Waals surface area contributed by atoms with Crippen LogP contribution in [0.15, 0.2) is 78.9 Å². The molecule has 3 aromatic rings. The van der Waals surface area contributed by atoms with E-state index in [0.717, 1.165) is 11.1 Å². The predicted octanol–water partition coefficient (Wildman–Crippen LogP) is 4.24. The fourth-order valence-electron chi connectivity index (χ4n) is 3.40. The molecule has 7 nitrogen and oxygen atoms in total. The Morgan fingerprint density at radius 1 is 0.882 bits per heavy atom. The van der Waals surface area contributed by atoms with Crippen molar-refractivity contribution < 1.29 is 19.5 Å². The normalized spacial score (nSPS) is 10.5. The summed E-state index contributed by atoms with van der Waals surface area (Å²) >= 11 is 5.84. The summed E-state index contributed by atoms with van der Waals surface area (Å²) in [5.74, 6) is -1.90. The lowest BCUT2D eigenvalue weighted by atomic mass is 9.99. The van der Waals surface area contributed by atoms with Crippen molar-refractivity contribution in [3.05, 3.63) is 101 Å². The summed E-state index contributed by atoms with van der Waals surface area (Å²) in [5.41, 5.74) is 1.93. The number of hydrogen-bond donors (Lipinski definition) is 3. The van der Waals surface area contributed by atoms with E-state index in [4.69, 9.17) is 11.6 Å². The molecule has 0 aliphatic heterocycles. The first-order valence-corrected chi connectivity index (χ1v) is 10.6. The molecule has 0 unspecified atom stereocenters. The van der Waals surface area contributed by atoms with Crippen molar-refractivity contribution in [3.63, 3.8) is 0 Å². The Bertz CT molecular complexity index is 1090. The number of likely N-dealkylation sites (N-methyl/N-ethyl adjacent to an activating group) is 1. The molecule has 0 bridgehead atoms. The predicted molar refractivity (Wildman–Crippen MR) is 135 cm³/mol. The van der Waals surface area contributed by atoms with Crippen LogP contribution in [-0.4, -0.2) is 47.9 Å². The maximum atomic E-state index is 12.8. The zero-order valence-corrected chi connectivity index (χ0v) is 20.0. The van der Waals surface area contributed by atoms with Crippen molar-refractivity contribution in [3.8, 4) is 0 Å². The largest absolute Gasteiger partial charge is 0.478 e. The Balaban J connectivity index is 0.00000408. The van der Waals surface area contributed by atoms with E-state index in [0.29, 0.717) is 0 Å². The van der Waals surface area contributed by atoms with Crippen LogP contribution in [0.4, 0.5) is 5.69 Å². The standard InChI is InChI=1S/C25H24ClN3O4.ClH/c1-29(15-22(30)27-21-13-12-19(26)14-20(21)25(32)33)16-23(31)28-24(17-8-4-2-5-9-17)18-10-6-3-7-11-18;/h2-14,24H,15-16H2,1H3,(H,27,30)(H,28,31)(H,32,33);1H. The highest BCUT2D eigenvalue weighted by atomic mass is 35.5. The molecule has 3 aromatic carbocycles. The van der Waals surface area contributed by atoms with Crippen molar-refractivity contribution in [1.29, 1.82) is 0 Å². The number of carbonyl (C=O) groups is 3. The van der Waals surface area contributed by atoms with E-state index < -0.39 is 11.9 Å². The van der Waals surface area contributed by atoms with Gasteiger partial charge in [-0.05, 0) is 36.4 Å². The van der Waals surface area contributed by atoms with Crippen LogP contribution in [0.3, 0.4) is 0 Å². The highest BCUT2D eigenvalue weighted by Crippen LogP contribution is 2.22. The van der Waals surface area contributed by atoms with Gasteiger partial charge in [-0.15, -0.1) is 12.4 Å². The number of carbonyl (C=O) groups excluding carboxylic acids is 2. The van der Waals surface area contributed by atoms with Gasteiger partial charge in [-0.2, -0.15) is 0 Å². The molecule has 9 heteroatoms. The van der Waals surface area contributed by atoms with E-state index >= 15 is 0 Å². The van der Waals surface area contributed by atoms with Gasteiger partial charge < -0.3 is 15.7 Å². The van der Waals surface area contributed by atoms with Crippen LogP contribution in [-0.2, 0) is 9.59 Å². The average molecular weight is 502 g/mol. The minimum Gasteiger partial charge on any atom is -0.478 e. The minimum absolute atomic E-state index is 0. The fraction of sp³-hybridized carbons (Fsp3) is 0.160. The third kappa shape index (κ3) is 7.59. The number of nitrogens with one attached hydrogen (secondary N) is 2. The molecule has 3 N–H and O–H groups in total. The van der Waals surface area contributed by atoms with Crippen molar-refractivity contribution in [2.75, 3.05) is 25.5 Å². The second-order valence-corrected chi connectivity index (χ2v) is 7.97. The lowest BCUT2D eigenvalue weighted by molar-refractivity contribution is -0.123. The van der Waals surface area contributed by atoms with Gasteiger partial charge in [0.2, 0.25) is 11.8 Å². The van der Waals surface area contributed by atoms with Crippen molar-refractivity contribution in [2.24, 2.45) is 0 Å². The van der Waals surface area contributed by atoms with Gasteiger partial charge in [-0.3, -0.25) is 14.5 Å². The lowest BCUT2D eigenvalue weighted by Crippen LogP contribution is -2.40. The lowest BCUT2D eigenvalue weighted by Gasteiger charge is -2.22. The zero-order valence-electron chi connectivity index (χ0n) is 18.4. The van der Waals surface area contributed by atoms with E-state index in [1.807, 2.05) is 60.7 Å². The van der Waals surface area contributed by atoms with E-state index in [-0.39, 0.29) is 53.7 Å².